The van der Waals surface area contributed by atoms with E-state index in [1.807, 2.05) is 25.1 Å². The summed E-state index contributed by atoms with van der Waals surface area (Å²) in [6, 6.07) is 10.4. The van der Waals surface area contributed by atoms with Gasteiger partial charge in [0.05, 0.1) is 16.7 Å². The molecule has 4 heteroatoms. The molecule has 0 aliphatic rings. The monoisotopic (exact) mass is 272 g/mol. The van der Waals surface area contributed by atoms with Gasteiger partial charge >= 0.3 is 0 Å². The number of fused-ring (bicyclic) bond motifs is 1. The van der Waals surface area contributed by atoms with Crippen molar-refractivity contribution < 1.29 is 4.42 Å². The molecule has 0 amide bonds. The van der Waals surface area contributed by atoms with E-state index in [1.165, 1.54) is 0 Å². The molecule has 19 heavy (non-hydrogen) atoms. The fourth-order valence-electron chi connectivity index (χ4n) is 2.06. The summed E-state index contributed by atoms with van der Waals surface area (Å²) < 4.78 is 5.84. The predicted molar refractivity (Wildman–Crippen MR) is 78.3 cm³/mol. The number of benzene rings is 1. The van der Waals surface area contributed by atoms with E-state index in [9.17, 15) is 0 Å². The zero-order valence-corrected chi connectivity index (χ0v) is 11.8. The molecule has 1 atom stereocenters. The number of hydrogen-bond acceptors (Lipinski definition) is 4. The molecular formula is C15H16N2OS. The van der Waals surface area contributed by atoms with Gasteiger partial charge in [-0.2, -0.15) is 0 Å². The Kier molecular flexibility index (Phi) is 3.36. The number of thiazole rings is 1. The summed E-state index contributed by atoms with van der Waals surface area (Å²) in [7, 11) is 0. The predicted octanol–water partition coefficient (Wildman–Crippen LogP) is 4.05. The lowest BCUT2D eigenvalue weighted by atomic mass is 10.2. The first-order valence-electron chi connectivity index (χ1n) is 6.35. The van der Waals surface area contributed by atoms with Crippen molar-refractivity contribution >= 4 is 22.3 Å². The van der Waals surface area contributed by atoms with Crippen LogP contribution in [0.5, 0.6) is 0 Å². The largest absolute Gasteiger partial charge is 0.459 e. The van der Waals surface area contributed by atoms with Crippen LogP contribution >= 0.6 is 11.3 Å². The molecule has 0 fully saturated rings. The van der Waals surface area contributed by atoms with Crippen LogP contribution in [0.2, 0.25) is 0 Å². The van der Waals surface area contributed by atoms with Crippen LogP contribution in [0, 0.1) is 6.92 Å². The molecule has 0 aliphatic heterocycles. The van der Waals surface area contributed by atoms with Gasteiger partial charge in [-0.05, 0) is 26.0 Å². The Morgan fingerprint density at radius 3 is 2.95 bits per heavy atom. The molecule has 0 aliphatic carbocycles. The van der Waals surface area contributed by atoms with E-state index in [2.05, 4.69) is 34.7 Å². The Morgan fingerprint density at radius 2 is 2.21 bits per heavy atom. The van der Waals surface area contributed by atoms with Crippen molar-refractivity contribution in [2.75, 3.05) is 0 Å². The molecule has 0 radical (unpaired) electrons. The maximum atomic E-state index is 5.84. The fourth-order valence-corrected chi connectivity index (χ4v) is 2.68. The van der Waals surface area contributed by atoms with Crippen molar-refractivity contribution in [1.82, 2.24) is 10.3 Å². The number of aromatic nitrogens is 1. The van der Waals surface area contributed by atoms with Crippen molar-refractivity contribution in [3.63, 3.8) is 0 Å². The Hall–Kier alpha value is -1.65. The van der Waals surface area contributed by atoms with E-state index in [-0.39, 0.29) is 6.04 Å². The van der Waals surface area contributed by atoms with Gasteiger partial charge in [0, 0.05) is 17.3 Å². The molecule has 1 unspecified atom stereocenters. The second-order valence-electron chi connectivity index (χ2n) is 4.65. The third-order valence-corrected chi connectivity index (χ3v) is 3.95. The van der Waals surface area contributed by atoms with E-state index in [0.717, 1.165) is 34.0 Å². The van der Waals surface area contributed by atoms with Crippen LogP contribution in [-0.2, 0) is 6.54 Å². The second-order valence-corrected chi connectivity index (χ2v) is 5.71. The normalized spacial score (nSPS) is 12.9. The van der Waals surface area contributed by atoms with Crippen molar-refractivity contribution in [3.05, 3.63) is 52.2 Å². The lowest BCUT2D eigenvalue weighted by Gasteiger charge is -2.09. The summed E-state index contributed by atoms with van der Waals surface area (Å²) in [6.45, 7) is 4.90. The minimum Gasteiger partial charge on any atom is -0.459 e. The Morgan fingerprint density at radius 1 is 1.37 bits per heavy atom. The second kappa shape index (κ2) is 5.15. The maximum Gasteiger partial charge on any atom is 0.134 e. The quantitative estimate of drug-likeness (QED) is 0.778. The average Bonchev–Trinajstić information content (AvgIpc) is 3.01. The first kappa shape index (κ1) is 12.4. The van der Waals surface area contributed by atoms with E-state index in [0.29, 0.717) is 0 Å². The van der Waals surface area contributed by atoms with Gasteiger partial charge in [0.1, 0.15) is 11.3 Å². The zero-order chi connectivity index (χ0) is 13.2. The van der Waals surface area contributed by atoms with E-state index >= 15 is 0 Å². The number of aryl methyl sites for hydroxylation is 1. The van der Waals surface area contributed by atoms with Gasteiger partial charge in [0.25, 0.3) is 0 Å². The van der Waals surface area contributed by atoms with Crippen LogP contribution in [-0.4, -0.2) is 4.98 Å². The van der Waals surface area contributed by atoms with E-state index in [4.69, 9.17) is 4.42 Å². The summed E-state index contributed by atoms with van der Waals surface area (Å²) in [5, 5.41) is 7.78. The highest BCUT2D eigenvalue weighted by molar-refractivity contribution is 7.09. The standard InChI is InChI=1S/C15H16N2OS/c1-10(16-8-13-9-19-11(2)17-13)15-7-12-5-3-4-6-14(12)18-15/h3-7,9-10,16H,8H2,1-2H3. The lowest BCUT2D eigenvalue weighted by molar-refractivity contribution is 0.449. The minimum atomic E-state index is 0.175. The summed E-state index contributed by atoms with van der Waals surface area (Å²) in [6.07, 6.45) is 0. The SMILES string of the molecule is Cc1nc(CNC(C)c2cc3ccccc3o2)cs1. The Balaban J connectivity index is 1.71. The molecule has 0 bridgehead atoms. The minimum absolute atomic E-state index is 0.175. The molecule has 3 aromatic rings. The van der Waals surface area contributed by atoms with Gasteiger partial charge in [-0.25, -0.2) is 4.98 Å². The smallest absolute Gasteiger partial charge is 0.134 e. The van der Waals surface area contributed by atoms with Crippen LogP contribution in [0.15, 0.2) is 40.1 Å². The van der Waals surface area contributed by atoms with Gasteiger partial charge in [0.15, 0.2) is 0 Å². The molecular weight excluding hydrogens is 256 g/mol. The molecule has 2 aromatic heterocycles. The number of nitrogens with one attached hydrogen (secondary N) is 1. The molecule has 1 N–H and O–H groups in total. The highest BCUT2D eigenvalue weighted by Crippen LogP contribution is 2.23. The lowest BCUT2D eigenvalue weighted by Crippen LogP contribution is -2.17. The molecule has 0 saturated heterocycles. The number of rotatable bonds is 4. The first-order chi connectivity index (χ1) is 9.22. The average molecular weight is 272 g/mol. The van der Waals surface area contributed by atoms with Gasteiger partial charge in [-0.15, -0.1) is 11.3 Å². The van der Waals surface area contributed by atoms with Crippen molar-refractivity contribution in [3.8, 4) is 0 Å². The number of hydrogen-bond donors (Lipinski definition) is 1. The maximum absolute atomic E-state index is 5.84. The van der Waals surface area contributed by atoms with Crippen LogP contribution < -0.4 is 5.32 Å². The van der Waals surface area contributed by atoms with Gasteiger partial charge in [-0.3, -0.25) is 0 Å². The molecule has 2 heterocycles. The molecule has 1 aromatic carbocycles. The van der Waals surface area contributed by atoms with Gasteiger partial charge < -0.3 is 9.73 Å². The molecule has 0 saturated carbocycles. The first-order valence-corrected chi connectivity index (χ1v) is 7.23. The van der Waals surface area contributed by atoms with Crippen LogP contribution in [0.25, 0.3) is 11.0 Å². The number of nitrogens with zero attached hydrogens (tertiary/aromatic N) is 1. The Bertz CT molecular complexity index is 653. The Labute approximate surface area is 116 Å². The van der Waals surface area contributed by atoms with Crippen molar-refractivity contribution in [1.29, 1.82) is 0 Å². The topological polar surface area (TPSA) is 38.1 Å². The molecule has 0 spiro atoms. The molecule has 3 rings (SSSR count). The van der Waals surface area contributed by atoms with Crippen molar-refractivity contribution in [2.45, 2.75) is 26.4 Å². The third-order valence-electron chi connectivity index (χ3n) is 3.13. The molecule has 3 nitrogen and oxygen atoms in total. The van der Waals surface area contributed by atoms with Gasteiger partial charge in [0.2, 0.25) is 0 Å². The van der Waals surface area contributed by atoms with Crippen molar-refractivity contribution in [2.24, 2.45) is 0 Å². The fraction of sp³-hybridized carbons (Fsp3) is 0.267. The third kappa shape index (κ3) is 2.69. The summed E-state index contributed by atoms with van der Waals surface area (Å²) in [5.41, 5.74) is 2.03. The number of furan rings is 1. The van der Waals surface area contributed by atoms with Crippen LogP contribution in [0.4, 0.5) is 0 Å². The highest BCUT2D eigenvalue weighted by Gasteiger charge is 2.11. The van der Waals surface area contributed by atoms with E-state index in [1.54, 1.807) is 11.3 Å². The zero-order valence-electron chi connectivity index (χ0n) is 11.0. The highest BCUT2D eigenvalue weighted by atomic mass is 32.1. The van der Waals surface area contributed by atoms with Crippen LogP contribution in [0.3, 0.4) is 0 Å². The molecule has 98 valence electrons. The van der Waals surface area contributed by atoms with E-state index < -0.39 is 0 Å². The van der Waals surface area contributed by atoms with Gasteiger partial charge in [-0.1, -0.05) is 18.2 Å². The summed E-state index contributed by atoms with van der Waals surface area (Å²) in [5.74, 6) is 0.966. The van der Waals surface area contributed by atoms with Crippen LogP contribution in [0.1, 0.15) is 29.4 Å². The summed E-state index contributed by atoms with van der Waals surface area (Å²) in [4.78, 5) is 4.44. The summed E-state index contributed by atoms with van der Waals surface area (Å²) >= 11 is 1.68. The number of para-hydroxylation sites is 1.